The lowest BCUT2D eigenvalue weighted by atomic mass is 10.0. The van der Waals surface area contributed by atoms with Gasteiger partial charge in [-0.3, -0.25) is 4.79 Å². The normalized spacial score (nSPS) is 26.5. The van der Waals surface area contributed by atoms with Gasteiger partial charge in [0.15, 0.2) is 5.72 Å². The van der Waals surface area contributed by atoms with Crippen molar-refractivity contribution in [2.45, 2.75) is 42.9 Å². The predicted octanol–water partition coefficient (Wildman–Crippen LogP) is 1.58. The Bertz CT molecular complexity index is 995. The van der Waals surface area contributed by atoms with Crippen LogP contribution in [0.2, 0.25) is 0 Å². The molecule has 2 aliphatic rings. The zero-order valence-corrected chi connectivity index (χ0v) is 16.0. The van der Waals surface area contributed by atoms with E-state index in [9.17, 15) is 13.2 Å². The van der Waals surface area contributed by atoms with Crippen LogP contribution in [0.25, 0.3) is 10.9 Å². The molecule has 1 unspecified atom stereocenters. The first-order valence-corrected chi connectivity index (χ1v) is 10.2. The van der Waals surface area contributed by atoms with Crippen molar-refractivity contribution in [2.24, 2.45) is 7.05 Å². The zero-order chi connectivity index (χ0) is 18.7. The number of benzene rings is 1. The zero-order valence-electron chi connectivity index (χ0n) is 15.2. The molecule has 0 radical (unpaired) electrons. The molecule has 1 aromatic heterocycles. The van der Waals surface area contributed by atoms with Gasteiger partial charge in [0, 0.05) is 30.7 Å². The second-order valence-electron chi connectivity index (χ2n) is 7.65. The van der Waals surface area contributed by atoms with E-state index in [1.54, 1.807) is 26.0 Å². The number of carbonyl (C=O) groups is 1. The number of amides is 1. The summed E-state index contributed by atoms with van der Waals surface area (Å²) in [6.07, 6.45) is 3.13. The highest BCUT2D eigenvalue weighted by Gasteiger charge is 2.53. The number of aryl methyl sites for hydroxylation is 1. The fourth-order valence-corrected chi connectivity index (χ4v) is 5.42. The molecule has 2 aliphatic heterocycles. The van der Waals surface area contributed by atoms with Crippen LogP contribution >= 0.6 is 0 Å². The lowest BCUT2D eigenvalue weighted by molar-refractivity contribution is -0.137. The summed E-state index contributed by atoms with van der Waals surface area (Å²) in [5.74, 6) is -0.206. The number of carbonyl (C=O) groups excluding carboxylic acids is 1. The molecule has 0 aliphatic carbocycles. The third kappa shape index (κ3) is 2.64. The summed E-state index contributed by atoms with van der Waals surface area (Å²) in [4.78, 5) is 12.4. The molecule has 2 fully saturated rings. The first-order valence-electron chi connectivity index (χ1n) is 8.71. The Labute approximate surface area is 153 Å². The van der Waals surface area contributed by atoms with E-state index >= 15 is 0 Å². The molecule has 1 N–H and O–H groups in total. The van der Waals surface area contributed by atoms with E-state index in [1.807, 2.05) is 29.9 Å². The van der Waals surface area contributed by atoms with E-state index in [4.69, 9.17) is 4.74 Å². The van der Waals surface area contributed by atoms with E-state index in [0.717, 1.165) is 10.9 Å². The molecule has 8 heteroatoms. The largest absolute Gasteiger partial charge is 0.351 e. The quantitative estimate of drug-likeness (QED) is 0.862. The molecule has 1 atom stereocenters. The van der Waals surface area contributed by atoms with Crippen LogP contribution in [0.4, 0.5) is 0 Å². The number of nitrogens with one attached hydrogen (secondary N) is 1. The number of hydrogen-bond donors (Lipinski definition) is 1. The molecule has 7 nitrogen and oxygen atoms in total. The molecular formula is C18H23N3O4S. The maximum Gasteiger partial charge on any atom is 0.254 e. The van der Waals surface area contributed by atoms with Gasteiger partial charge in [-0.25, -0.2) is 8.42 Å². The van der Waals surface area contributed by atoms with Gasteiger partial charge in [-0.2, -0.15) is 4.31 Å². The minimum Gasteiger partial charge on any atom is -0.351 e. The van der Waals surface area contributed by atoms with Crippen LogP contribution in [-0.2, 0) is 26.6 Å². The molecule has 0 bridgehead atoms. The van der Waals surface area contributed by atoms with Gasteiger partial charge in [0.05, 0.1) is 11.4 Å². The number of piperidine rings is 1. The Hall–Kier alpha value is -1.90. The van der Waals surface area contributed by atoms with Gasteiger partial charge in [0.2, 0.25) is 10.0 Å². The number of rotatable bonds is 2. The average molecular weight is 377 g/mol. The summed E-state index contributed by atoms with van der Waals surface area (Å²) < 4.78 is 35.7. The SMILES string of the molecule is Cn1ccc2cc(S(=O)(=O)N3CCCC4(C3)NC(=O)C(C)(C)O4)ccc21. The summed E-state index contributed by atoms with van der Waals surface area (Å²) in [6.45, 7) is 3.94. The maximum atomic E-state index is 13.2. The van der Waals surface area contributed by atoms with Crippen LogP contribution in [0.5, 0.6) is 0 Å². The fraction of sp³-hybridized carbons (Fsp3) is 0.500. The minimum absolute atomic E-state index is 0.122. The average Bonchev–Trinajstić information content (AvgIpc) is 3.04. The molecule has 140 valence electrons. The fourth-order valence-electron chi connectivity index (χ4n) is 3.86. The van der Waals surface area contributed by atoms with Crippen LogP contribution in [-0.4, -0.2) is 47.6 Å². The number of nitrogens with zero attached hydrogens (tertiary/aromatic N) is 2. The summed E-state index contributed by atoms with van der Waals surface area (Å²) in [6, 6.07) is 7.05. The second-order valence-corrected chi connectivity index (χ2v) is 9.59. The topological polar surface area (TPSA) is 80.6 Å². The van der Waals surface area contributed by atoms with Crippen molar-refractivity contribution in [1.82, 2.24) is 14.2 Å². The van der Waals surface area contributed by atoms with E-state index in [-0.39, 0.29) is 17.3 Å². The Kier molecular flexibility index (Phi) is 3.74. The summed E-state index contributed by atoms with van der Waals surface area (Å²) in [7, 11) is -1.75. The monoisotopic (exact) mass is 377 g/mol. The highest BCUT2D eigenvalue weighted by atomic mass is 32.2. The molecule has 3 heterocycles. The summed E-state index contributed by atoms with van der Waals surface area (Å²) in [5, 5.41) is 3.76. The van der Waals surface area contributed by atoms with Gasteiger partial charge in [-0.05, 0) is 51.0 Å². The first-order chi connectivity index (χ1) is 12.1. The van der Waals surface area contributed by atoms with Crippen LogP contribution in [0, 0.1) is 0 Å². The Morgan fingerprint density at radius 1 is 1.23 bits per heavy atom. The Morgan fingerprint density at radius 2 is 2.00 bits per heavy atom. The Morgan fingerprint density at radius 3 is 2.69 bits per heavy atom. The summed E-state index contributed by atoms with van der Waals surface area (Å²) in [5.41, 5.74) is -0.912. The highest BCUT2D eigenvalue weighted by molar-refractivity contribution is 7.89. The lowest BCUT2D eigenvalue weighted by Gasteiger charge is -2.39. The molecule has 2 aromatic rings. The van der Waals surface area contributed by atoms with Gasteiger partial charge in [0.25, 0.3) is 5.91 Å². The molecule has 26 heavy (non-hydrogen) atoms. The minimum atomic E-state index is -3.67. The van der Waals surface area contributed by atoms with Gasteiger partial charge >= 0.3 is 0 Å². The van der Waals surface area contributed by atoms with Crippen molar-refractivity contribution in [3.05, 3.63) is 30.5 Å². The molecule has 2 saturated heterocycles. The lowest BCUT2D eigenvalue weighted by Crippen LogP contribution is -2.56. The van der Waals surface area contributed by atoms with Gasteiger partial charge in [-0.1, -0.05) is 0 Å². The van der Waals surface area contributed by atoms with E-state index in [1.165, 1.54) is 4.31 Å². The predicted molar refractivity (Wildman–Crippen MR) is 96.9 cm³/mol. The third-order valence-corrected chi connectivity index (χ3v) is 7.09. The smallest absolute Gasteiger partial charge is 0.254 e. The van der Waals surface area contributed by atoms with E-state index < -0.39 is 21.3 Å². The van der Waals surface area contributed by atoms with E-state index in [2.05, 4.69) is 5.32 Å². The van der Waals surface area contributed by atoms with Crippen LogP contribution in [0.15, 0.2) is 35.4 Å². The number of hydrogen-bond acceptors (Lipinski definition) is 4. The molecular weight excluding hydrogens is 354 g/mol. The molecule has 1 spiro atoms. The van der Waals surface area contributed by atoms with Crippen LogP contribution in [0.3, 0.4) is 0 Å². The van der Waals surface area contributed by atoms with Crippen molar-refractivity contribution in [3.8, 4) is 0 Å². The summed E-state index contributed by atoms with van der Waals surface area (Å²) >= 11 is 0. The number of sulfonamides is 1. The number of ether oxygens (including phenoxy) is 1. The first kappa shape index (κ1) is 17.5. The molecule has 4 rings (SSSR count). The van der Waals surface area contributed by atoms with Gasteiger partial charge in [0.1, 0.15) is 5.60 Å². The maximum absolute atomic E-state index is 13.2. The van der Waals surface area contributed by atoms with E-state index in [0.29, 0.717) is 19.4 Å². The van der Waals surface area contributed by atoms with Crippen molar-refractivity contribution in [3.63, 3.8) is 0 Å². The number of aromatic nitrogens is 1. The van der Waals surface area contributed by atoms with Crippen molar-refractivity contribution in [1.29, 1.82) is 0 Å². The van der Waals surface area contributed by atoms with Crippen molar-refractivity contribution >= 4 is 26.8 Å². The van der Waals surface area contributed by atoms with Gasteiger partial charge in [-0.15, -0.1) is 0 Å². The molecule has 1 amide bonds. The standard InChI is InChI=1S/C18H23N3O4S/c1-17(2)16(22)19-18(25-17)8-4-9-21(12-18)26(23,24)14-5-6-15-13(11-14)7-10-20(15)3/h5-7,10-11H,4,8-9,12H2,1-3H3,(H,19,22). The van der Waals surface area contributed by atoms with Crippen LogP contribution in [0.1, 0.15) is 26.7 Å². The highest BCUT2D eigenvalue weighted by Crippen LogP contribution is 2.35. The third-order valence-electron chi connectivity index (χ3n) is 5.25. The molecule has 0 saturated carbocycles. The van der Waals surface area contributed by atoms with Gasteiger partial charge < -0.3 is 14.6 Å². The Balaban J connectivity index is 1.66. The second kappa shape index (κ2) is 5.55. The van der Waals surface area contributed by atoms with Crippen molar-refractivity contribution in [2.75, 3.05) is 13.1 Å². The van der Waals surface area contributed by atoms with Crippen LogP contribution < -0.4 is 5.32 Å². The molecule has 1 aromatic carbocycles. The van der Waals surface area contributed by atoms with Crippen molar-refractivity contribution < 1.29 is 17.9 Å². The number of fused-ring (bicyclic) bond motifs is 1.